The van der Waals surface area contributed by atoms with E-state index in [4.69, 9.17) is 4.74 Å². The molecule has 1 aliphatic rings. The lowest BCUT2D eigenvalue weighted by molar-refractivity contribution is -0.897. The third kappa shape index (κ3) is 4.50. The molecule has 1 atom stereocenters. The summed E-state index contributed by atoms with van der Waals surface area (Å²) in [6.07, 6.45) is 3.17. The van der Waals surface area contributed by atoms with Gasteiger partial charge in [0.25, 0.3) is 7.37 Å². The van der Waals surface area contributed by atoms with Crippen molar-refractivity contribution in [2.24, 2.45) is 0 Å². The van der Waals surface area contributed by atoms with Crippen LogP contribution in [0.3, 0.4) is 0 Å². The van der Waals surface area contributed by atoms with Crippen LogP contribution in [0.5, 0.6) is 0 Å². The van der Waals surface area contributed by atoms with Crippen molar-refractivity contribution < 1.29 is 24.1 Å². The smallest absolute Gasteiger partial charge is 0.253 e. The van der Waals surface area contributed by atoms with E-state index in [0.717, 1.165) is 18.8 Å². The minimum atomic E-state index is -3.04. The molecule has 1 saturated heterocycles. The van der Waals surface area contributed by atoms with E-state index in [1.807, 2.05) is 24.4 Å². The molecule has 1 aliphatic heterocycles. The van der Waals surface area contributed by atoms with Gasteiger partial charge in [0, 0.05) is 24.7 Å². The Hall–Kier alpha value is -0.740. The minimum absolute atomic E-state index is 0.345. The molecule has 0 aromatic carbocycles. The molecule has 0 saturated carbocycles. The quantitative estimate of drug-likeness (QED) is 0.689. The third-order valence-electron chi connectivity index (χ3n) is 3.17. The number of aromatic amines is 1. The van der Waals surface area contributed by atoms with Crippen LogP contribution in [0.1, 0.15) is 5.69 Å². The first-order valence-electron chi connectivity index (χ1n) is 6.33. The van der Waals surface area contributed by atoms with Crippen molar-refractivity contribution in [3.8, 4) is 0 Å². The summed E-state index contributed by atoms with van der Waals surface area (Å²) >= 11 is 0. The zero-order valence-corrected chi connectivity index (χ0v) is 11.4. The van der Waals surface area contributed by atoms with E-state index in [1.165, 1.54) is 4.90 Å². The molecule has 2 heterocycles. The number of hydrogen-bond acceptors (Lipinski definition) is 2. The topological polar surface area (TPSA) is 65.1 Å². The zero-order valence-electron chi connectivity index (χ0n) is 10.5. The lowest BCUT2D eigenvalue weighted by Gasteiger charge is -2.25. The summed E-state index contributed by atoms with van der Waals surface area (Å²) < 4.78 is 17.4. The Morgan fingerprint density at radius 1 is 1.39 bits per heavy atom. The van der Waals surface area contributed by atoms with Crippen molar-refractivity contribution in [2.75, 3.05) is 38.8 Å². The highest BCUT2D eigenvalue weighted by Crippen LogP contribution is 2.38. The summed E-state index contributed by atoms with van der Waals surface area (Å²) in [5.74, 6) is 0. The fraction of sp³-hybridized carbons (Fsp3) is 0.583. The molecule has 0 bridgehead atoms. The number of aromatic nitrogens is 1. The molecule has 18 heavy (non-hydrogen) atoms. The van der Waals surface area contributed by atoms with E-state index in [2.05, 4.69) is 4.98 Å². The number of hydrogen-bond donors (Lipinski definition) is 2. The molecule has 1 aromatic rings. The number of H-pyrrole nitrogens is 1. The van der Waals surface area contributed by atoms with Gasteiger partial charge in [0.1, 0.15) is 13.1 Å². The van der Waals surface area contributed by atoms with Crippen molar-refractivity contribution in [1.29, 1.82) is 0 Å². The maximum atomic E-state index is 12.1. The number of aryl methyl sites for hydroxylation is 1. The first-order valence-corrected chi connectivity index (χ1v) is 8.36. The fourth-order valence-corrected chi connectivity index (χ4v) is 3.89. The molecule has 0 aliphatic carbocycles. The van der Waals surface area contributed by atoms with Crippen LogP contribution in [0.4, 0.5) is 0 Å². The molecule has 5 nitrogen and oxygen atoms in total. The molecule has 2 rings (SSSR count). The second-order valence-corrected chi connectivity index (χ2v) is 7.18. The van der Waals surface area contributed by atoms with Gasteiger partial charge in [-0.2, -0.15) is 0 Å². The van der Waals surface area contributed by atoms with Gasteiger partial charge in [-0.3, -0.25) is 4.57 Å². The van der Waals surface area contributed by atoms with Crippen LogP contribution in [0.15, 0.2) is 24.4 Å². The van der Waals surface area contributed by atoms with Gasteiger partial charge in [-0.25, -0.2) is 4.98 Å². The van der Waals surface area contributed by atoms with E-state index in [0.29, 0.717) is 32.1 Å². The van der Waals surface area contributed by atoms with E-state index < -0.39 is 7.37 Å². The second kappa shape index (κ2) is 6.43. The predicted molar refractivity (Wildman–Crippen MR) is 67.8 cm³/mol. The van der Waals surface area contributed by atoms with Crippen molar-refractivity contribution in [1.82, 2.24) is 0 Å². The Labute approximate surface area is 107 Å². The number of pyridine rings is 1. The van der Waals surface area contributed by atoms with E-state index in [-0.39, 0.29) is 0 Å². The molecular weight excluding hydrogens is 251 g/mol. The standard InChI is InChI=1S/C12H19N2O3P/c15-18(16,11-14-6-8-17-9-7-14)10-4-12-3-1-2-5-13-12/h1-3,5H,4,6-11H2,(H,15,16)/p+2. The van der Waals surface area contributed by atoms with Gasteiger partial charge in [0.15, 0.2) is 18.2 Å². The molecular formula is C12H21N2O3P+2. The number of rotatable bonds is 5. The molecule has 0 radical (unpaired) electrons. The van der Waals surface area contributed by atoms with Gasteiger partial charge in [-0.1, -0.05) is 6.07 Å². The van der Waals surface area contributed by atoms with Crippen LogP contribution >= 0.6 is 7.37 Å². The molecule has 1 aromatic heterocycles. The third-order valence-corrected chi connectivity index (χ3v) is 5.04. The average molecular weight is 272 g/mol. The Morgan fingerprint density at radius 2 is 2.17 bits per heavy atom. The van der Waals surface area contributed by atoms with Crippen LogP contribution in [0.25, 0.3) is 0 Å². The first-order chi connectivity index (χ1) is 8.66. The highest BCUT2D eigenvalue weighted by molar-refractivity contribution is 7.57. The minimum Gasteiger partial charge on any atom is -0.370 e. The SMILES string of the molecule is O=P(O)(CCc1cccc[nH+]1)C[NH+]1CCOCC1. The number of quaternary nitrogens is 1. The predicted octanol–water partition coefficient (Wildman–Crippen LogP) is -0.814. The van der Waals surface area contributed by atoms with Gasteiger partial charge < -0.3 is 14.5 Å². The van der Waals surface area contributed by atoms with Crippen molar-refractivity contribution >= 4 is 7.37 Å². The van der Waals surface area contributed by atoms with E-state index in [9.17, 15) is 9.46 Å². The second-order valence-electron chi connectivity index (χ2n) is 4.73. The fourth-order valence-electron chi connectivity index (χ4n) is 2.13. The average Bonchev–Trinajstić information content (AvgIpc) is 2.38. The van der Waals surface area contributed by atoms with Crippen molar-refractivity contribution in [2.45, 2.75) is 6.42 Å². The van der Waals surface area contributed by atoms with Gasteiger partial charge >= 0.3 is 0 Å². The van der Waals surface area contributed by atoms with E-state index >= 15 is 0 Å². The lowest BCUT2D eigenvalue weighted by Crippen LogP contribution is -3.13. The first kappa shape index (κ1) is 13.7. The molecule has 3 N–H and O–H groups in total. The molecule has 0 spiro atoms. The molecule has 1 fully saturated rings. The van der Waals surface area contributed by atoms with Crippen LogP contribution in [0.2, 0.25) is 0 Å². The van der Waals surface area contributed by atoms with Gasteiger partial charge in [-0.15, -0.1) is 0 Å². The highest BCUT2D eigenvalue weighted by Gasteiger charge is 2.27. The monoisotopic (exact) mass is 272 g/mol. The number of morpholine rings is 1. The van der Waals surface area contributed by atoms with Crippen LogP contribution < -0.4 is 9.88 Å². The largest absolute Gasteiger partial charge is 0.370 e. The van der Waals surface area contributed by atoms with Gasteiger partial charge in [0.2, 0.25) is 0 Å². The van der Waals surface area contributed by atoms with Crippen molar-refractivity contribution in [3.05, 3.63) is 30.1 Å². The molecule has 0 amide bonds. The summed E-state index contributed by atoms with van der Waals surface area (Å²) in [5, 5.41) is 0. The summed E-state index contributed by atoms with van der Waals surface area (Å²) in [6.45, 7) is 3.06. The highest BCUT2D eigenvalue weighted by atomic mass is 31.2. The van der Waals surface area contributed by atoms with Crippen LogP contribution in [-0.4, -0.2) is 43.6 Å². The van der Waals surface area contributed by atoms with E-state index in [1.54, 1.807) is 0 Å². The summed E-state index contributed by atoms with van der Waals surface area (Å²) in [6, 6.07) is 5.78. The van der Waals surface area contributed by atoms with Crippen LogP contribution in [0, 0.1) is 0 Å². The summed E-state index contributed by atoms with van der Waals surface area (Å²) in [7, 11) is -3.04. The Bertz CT molecular complexity index is 407. The lowest BCUT2D eigenvalue weighted by atomic mass is 10.3. The molecule has 6 heteroatoms. The number of ether oxygens (including phenoxy) is 1. The normalized spacial score (nSPS) is 20.5. The number of nitrogens with one attached hydrogen (secondary N) is 2. The van der Waals surface area contributed by atoms with Crippen LogP contribution in [-0.2, 0) is 15.7 Å². The molecule has 100 valence electrons. The Morgan fingerprint density at radius 3 is 2.83 bits per heavy atom. The maximum Gasteiger partial charge on any atom is 0.253 e. The summed E-state index contributed by atoms with van der Waals surface area (Å²) in [4.78, 5) is 14.3. The summed E-state index contributed by atoms with van der Waals surface area (Å²) in [5.41, 5.74) is 1.00. The molecule has 1 unspecified atom stereocenters. The van der Waals surface area contributed by atoms with Gasteiger partial charge in [0.05, 0.1) is 13.2 Å². The Kier molecular flexibility index (Phi) is 4.89. The van der Waals surface area contributed by atoms with Gasteiger partial charge in [-0.05, 0) is 0 Å². The maximum absolute atomic E-state index is 12.1. The van der Waals surface area contributed by atoms with Crippen molar-refractivity contribution in [3.63, 3.8) is 0 Å². The zero-order chi connectivity index (χ0) is 12.8. The Balaban J connectivity index is 1.81.